The first kappa shape index (κ1) is 23.3. The van der Waals surface area contributed by atoms with Gasteiger partial charge in [-0.25, -0.2) is 9.18 Å². The number of anilines is 1. The molecule has 0 aliphatic heterocycles. The SMILES string of the molecule is COc1cccc(-c2cc(C(CC(=O)O)NC(=O)Nc3c(O)ccn(C)c3=O)ccc2F)c1. The molecule has 0 radical (unpaired) electrons. The molecule has 0 aliphatic rings. The number of ether oxygens (including phenoxy) is 1. The molecule has 0 saturated heterocycles. The summed E-state index contributed by atoms with van der Waals surface area (Å²) in [7, 11) is 2.92. The molecule has 172 valence electrons. The van der Waals surface area contributed by atoms with Crippen LogP contribution in [0.5, 0.6) is 11.5 Å². The highest BCUT2D eigenvalue weighted by Crippen LogP contribution is 2.30. The van der Waals surface area contributed by atoms with Gasteiger partial charge in [0.1, 0.15) is 17.3 Å². The standard InChI is InChI=1S/C23H22FN3O6/c1-27-9-8-19(28)21(22(27)31)26-23(32)25-18(12-20(29)30)14-6-7-17(24)16(11-14)13-4-3-5-15(10-13)33-2/h3-11,18,28H,12H2,1-2H3,(H,29,30)(H2,25,26,32). The molecule has 4 N–H and O–H groups in total. The molecule has 33 heavy (non-hydrogen) atoms. The first-order valence-electron chi connectivity index (χ1n) is 9.81. The third-order valence-electron chi connectivity index (χ3n) is 4.94. The molecule has 0 spiro atoms. The van der Waals surface area contributed by atoms with Crippen molar-refractivity contribution in [2.75, 3.05) is 12.4 Å². The molecule has 3 aromatic rings. The smallest absolute Gasteiger partial charge is 0.319 e. The van der Waals surface area contributed by atoms with E-state index < -0.39 is 41.6 Å². The third-order valence-corrected chi connectivity index (χ3v) is 4.94. The van der Waals surface area contributed by atoms with Crippen LogP contribution in [0.4, 0.5) is 14.9 Å². The van der Waals surface area contributed by atoms with Crippen LogP contribution in [-0.4, -0.2) is 33.9 Å². The molecule has 10 heteroatoms. The van der Waals surface area contributed by atoms with E-state index in [4.69, 9.17) is 4.74 Å². The molecule has 1 heterocycles. The minimum Gasteiger partial charge on any atom is -0.505 e. The number of pyridine rings is 1. The highest BCUT2D eigenvalue weighted by atomic mass is 19.1. The number of halogens is 1. The molecular weight excluding hydrogens is 433 g/mol. The zero-order chi connectivity index (χ0) is 24.1. The van der Waals surface area contributed by atoms with Gasteiger partial charge in [-0.2, -0.15) is 0 Å². The van der Waals surface area contributed by atoms with E-state index in [1.165, 1.54) is 44.6 Å². The van der Waals surface area contributed by atoms with Crippen LogP contribution in [0.3, 0.4) is 0 Å². The third kappa shape index (κ3) is 5.48. The lowest BCUT2D eigenvalue weighted by Gasteiger charge is -2.19. The van der Waals surface area contributed by atoms with Gasteiger partial charge in [0.25, 0.3) is 5.56 Å². The second-order valence-electron chi connectivity index (χ2n) is 7.21. The van der Waals surface area contributed by atoms with Crippen molar-refractivity contribution >= 4 is 17.7 Å². The average molecular weight is 455 g/mol. The summed E-state index contributed by atoms with van der Waals surface area (Å²) in [5, 5.41) is 23.9. The van der Waals surface area contributed by atoms with E-state index in [0.29, 0.717) is 16.9 Å². The molecule has 0 fully saturated rings. The van der Waals surface area contributed by atoms with Crippen molar-refractivity contribution in [1.29, 1.82) is 0 Å². The number of carbonyl (C=O) groups excluding carboxylic acids is 1. The van der Waals surface area contributed by atoms with Crippen LogP contribution in [0.15, 0.2) is 59.5 Å². The summed E-state index contributed by atoms with van der Waals surface area (Å²) in [5.74, 6) is -1.67. The van der Waals surface area contributed by atoms with Crippen molar-refractivity contribution in [1.82, 2.24) is 9.88 Å². The number of methoxy groups -OCH3 is 1. The largest absolute Gasteiger partial charge is 0.505 e. The minimum atomic E-state index is -1.20. The van der Waals surface area contributed by atoms with E-state index in [-0.39, 0.29) is 11.3 Å². The molecule has 1 aromatic heterocycles. The van der Waals surface area contributed by atoms with E-state index >= 15 is 0 Å². The molecule has 2 amide bonds. The van der Waals surface area contributed by atoms with Gasteiger partial charge in [-0.15, -0.1) is 0 Å². The number of amides is 2. The number of aliphatic carboxylic acids is 1. The maximum absolute atomic E-state index is 14.6. The average Bonchev–Trinajstić information content (AvgIpc) is 2.79. The Kier molecular flexibility index (Phi) is 6.97. The Balaban J connectivity index is 1.92. The van der Waals surface area contributed by atoms with Crippen molar-refractivity contribution < 1.29 is 28.9 Å². The van der Waals surface area contributed by atoms with Crippen LogP contribution < -0.4 is 20.9 Å². The lowest BCUT2D eigenvalue weighted by Crippen LogP contribution is -2.36. The van der Waals surface area contributed by atoms with Gasteiger partial charge in [0, 0.05) is 18.8 Å². The summed E-state index contributed by atoms with van der Waals surface area (Å²) in [5.41, 5.74) is 0.0187. The normalized spacial score (nSPS) is 11.5. The number of nitrogens with one attached hydrogen (secondary N) is 2. The molecule has 1 atom stereocenters. The topological polar surface area (TPSA) is 130 Å². The van der Waals surface area contributed by atoms with E-state index in [9.17, 15) is 29.0 Å². The van der Waals surface area contributed by atoms with Crippen LogP contribution >= 0.6 is 0 Å². The second kappa shape index (κ2) is 9.86. The molecular formula is C23H22FN3O6. The summed E-state index contributed by atoms with van der Waals surface area (Å²) in [4.78, 5) is 36.1. The predicted molar refractivity (Wildman–Crippen MR) is 119 cm³/mol. The number of hydrogen-bond acceptors (Lipinski definition) is 5. The van der Waals surface area contributed by atoms with Gasteiger partial charge in [-0.05, 0) is 41.5 Å². The van der Waals surface area contributed by atoms with E-state index in [0.717, 1.165) is 4.57 Å². The van der Waals surface area contributed by atoms with Gasteiger partial charge in [0.2, 0.25) is 0 Å². The Morgan fingerprint density at radius 3 is 2.64 bits per heavy atom. The number of urea groups is 1. The summed E-state index contributed by atoms with van der Waals surface area (Å²) < 4.78 is 20.9. The van der Waals surface area contributed by atoms with Gasteiger partial charge in [-0.3, -0.25) is 9.59 Å². The zero-order valence-corrected chi connectivity index (χ0v) is 17.8. The summed E-state index contributed by atoms with van der Waals surface area (Å²) in [6.45, 7) is 0. The number of aryl methyl sites for hydroxylation is 1. The fourth-order valence-corrected chi connectivity index (χ4v) is 3.24. The van der Waals surface area contributed by atoms with E-state index in [1.807, 2.05) is 0 Å². The Morgan fingerprint density at radius 1 is 1.18 bits per heavy atom. The number of carbonyl (C=O) groups is 2. The fourth-order valence-electron chi connectivity index (χ4n) is 3.24. The number of carboxylic acid groups (broad SMARTS) is 1. The highest BCUT2D eigenvalue weighted by molar-refractivity contribution is 5.91. The number of benzene rings is 2. The Bertz CT molecular complexity index is 1260. The summed E-state index contributed by atoms with van der Waals surface area (Å²) in [6, 6.07) is 9.94. The molecule has 9 nitrogen and oxygen atoms in total. The Labute approximate surface area is 188 Å². The fraction of sp³-hybridized carbons (Fsp3) is 0.174. The number of nitrogens with zero attached hydrogens (tertiary/aromatic N) is 1. The maximum atomic E-state index is 14.6. The van der Waals surface area contributed by atoms with Gasteiger partial charge in [0.05, 0.1) is 19.6 Å². The van der Waals surface area contributed by atoms with Gasteiger partial charge < -0.3 is 30.2 Å². The van der Waals surface area contributed by atoms with Crippen LogP contribution in [0.25, 0.3) is 11.1 Å². The quantitative estimate of drug-likeness (QED) is 0.433. The lowest BCUT2D eigenvalue weighted by atomic mass is 9.97. The lowest BCUT2D eigenvalue weighted by molar-refractivity contribution is -0.137. The van der Waals surface area contributed by atoms with Crippen LogP contribution in [-0.2, 0) is 11.8 Å². The second-order valence-corrected chi connectivity index (χ2v) is 7.21. The molecule has 0 aliphatic carbocycles. The van der Waals surface area contributed by atoms with Crippen molar-refractivity contribution in [2.24, 2.45) is 7.05 Å². The van der Waals surface area contributed by atoms with Gasteiger partial charge >= 0.3 is 12.0 Å². The molecule has 1 unspecified atom stereocenters. The van der Waals surface area contributed by atoms with Crippen LogP contribution in [0.2, 0.25) is 0 Å². The monoisotopic (exact) mass is 455 g/mol. The Morgan fingerprint density at radius 2 is 1.94 bits per heavy atom. The van der Waals surface area contributed by atoms with Crippen molar-refractivity contribution in [2.45, 2.75) is 12.5 Å². The minimum absolute atomic E-state index is 0.193. The van der Waals surface area contributed by atoms with Crippen LogP contribution in [0, 0.1) is 5.82 Å². The van der Waals surface area contributed by atoms with Gasteiger partial charge in [0.15, 0.2) is 5.69 Å². The Hall–Kier alpha value is -4.34. The van der Waals surface area contributed by atoms with Crippen LogP contribution in [0.1, 0.15) is 18.0 Å². The van der Waals surface area contributed by atoms with Crippen molar-refractivity contribution in [3.8, 4) is 22.6 Å². The predicted octanol–water partition coefficient (Wildman–Crippen LogP) is 3.24. The number of aromatic nitrogens is 1. The summed E-state index contributed by atoms with van der Waals surface area (Å²) >= 11 is 0. The first-order chi connectivity index (χ1) is 15.7. The molecule has 0 bridgehead atoms. The number of aromatic hydroxyl groups is 1. The number of carboxylic acids is 1. The number of rotatable bonds is 7. The summed E-state index contributed by atoms with van der Waals surface area (Å²) in [6.07, 6.45) is 0.821. The molecule has 0 saturated carbocycles. The maximum Gasteiger partial charge on any atom is 0.319 e. The van der Waals surface area contributed by atoms with E-state index in [1.54, 1.807) is 24.3 Å². The van der Waals surface area contributed by atoms with Gasteiger partial charge in [-0.1, -0.05) is 18.2 Å². The van der Waals surface area contributed by atoms with E-state index in [2.05, 4.69) is 10.6 Å². The molecule has 2 aromatic carbocycles. The van der Waals surface area contributed by atoms with Crippen molar-refractivity contribution in [3.63, 3.8) is 0 Å². The molecule has 3 rings (SSSR count). The highest BCUT2D eigenvalue weighted by Gasteiger charge is 2.21. The number of hydrogen-bond donors (Lipinski definition) is 4. The zero-order valence-electron chi connectivity index (χ0n) is 17.8. The van der Waals surface area contributed by atoms with Crippen molar-refractivity contribution in [3.05, 3.63) is 76.5 Å². The first-order valence-corrected chi connectivity index (χ1v) is 9.81.